The maximum Gasteiger partial charge on any atom is 0.0991 e. The molecule has 0 saturated heterocycles. The molecule has 12 rings (SSSR count). The topological polar surface area (TPSA) is 47.6 Å². The molecule has 0 atom stereocenters. The molecular formula is C54H30N2. The number of hydrogen-bond acceptors (Lipinski definition) is 2. The summed E-state index contributed by atoms with van der Waals surface area (Å²) in [6.07, 6.45) is 0. The molecule has 12 aromatic carbocycles. The minimum absolute atomic E-state index is 0.637. The Kier molecular flexibility index (Phi) is 6.08. The van der Waals surface area contributed by atoms with Gasteiger partial charge in [-0.25, -0.2) is 0 Å². The van der Waals surface area contributed by atoms with Crippen molar-refractivity contribution in [3.63, 3.8) is 0 Å². The van der Waals surface area contributed by atoms with Crippen LogP contribution in [0.25, 0.3) is 119 Å². The first-order chi connectivity index (χ1) is 27.5. The molecule has 0 aliphatic rings. The van der Waals surface area contributed by atoms with E-state index in [-0.39, 0.29) is 0 Å². The zero-order chi connectivity index (χ0) is 37.4. The largest absolute Gasteiger partial charge is 0.192 e. The molecule has 0 aliphatic heterocycles. The van der Waals surface area contributed by atoms with E-state index in [4.69, 9.17) is 0 Å². The van der Waals surface area contributed by atoms with Crippen molar-refractivity contribution in [2.45, 2.75) is 13.8 Å². The van der Waals surface area contributed by atoms with E-state index < -0.39 is 0 Å². The molecule has 0 aliphatic carbocycles. The van der Waals surface area contributed by atoms with Gasteiger partial charge >= 0.3 is 0 Å². The van der Waals surface area contributed by atoms with Gasteiger partial charge in [-0.05, 0) is 193 Å². The molecule has 2 heteroatoms. The number of rotatable bonds is 2. The Morgan fingerprint density at radius 1 is 0.321 bits per heavy atom. The highest BCUT2D eigenvalue weighted by Gasteiger charge is 2.27. The first-order valence-corrected chi connectivity index (χ1v) is 19.1. The van der Waals surface area contributed by atoms with Gasteiger partial charge in [-0.15, -0.1) is 0 Å². The Bertz CT molecular complexity index is 3800. The lowest BCUT2D eigenvalue weighted by Crippen LogP contribution is -1.94. The zero-order valence-electron chi connectivity index (χ0n) is 30.8. The molecule has 0 aromatic heterocycles. The molecule has 2 nitrogen and oxygen atoms in total. The van der Waals surface area contributed by atoms with Crippen LogP contribution in [0.1, 0.15) is 22.3 Å². The molecule has 0 saturated carbocycles. The van der Waals surface area contributed by atoms with Crippen molar-refractivity contribution < 1.29 is 0 Å². The van der Waals surface area contributed by atoms with Crippen LogP contribution in [0.3, 0.4) is 0 Å². The Hall–Kier alpha value is -7.52. The van der Waals surface area contributed by atoms with Crippen LogP contribution in [-0.2, 0) is 0 Å². The van der Waals surface area contributed by atoms with Gasteiger partial charge in [0.05, 0.1) is 23.3 Å². The number of benzene rings is 10. The van der Waals surface area contributed by atoms with Gasteiger partial charge in [-0.1, -0.05) is 97.1 Å². The standard InChI is InChI=1S/C54H30N2/c1-29-17-19-31(27-55)21-41(29)51-47-26-44-43(39-15-7-13-37-35-11-5-3-9-33(35)23-45(44)49(37)39)25-46(47)52(42-22-32(28-56)20-18-30(42)2)54-48-24-34-10-4-6-12-36(34)38-14-8-16-40(50(38)48)53(51)54/h3-26H,1-2H3. The normalized spacial score (nSPS) is 12.1. The number of fused-ring (bicyclic) bond motifs is 11. The summed E-state index contributed by atoms with van der Waals surface area (Å²) in [5.74, 6) is 0. The molecule has 0 heterocycles. The fourth-order valence-corrected chi connectivity index (χ4v) is 10.2. The molecule has 0 radical (unpaired) electrons. The van der Waals surface area contributed by atoms with E-state index in [9.17, 15) is 10.5 Å². The summed E-state index contributed by atoms with van der Waals surface area (Å²) in [4.78, 5) is 0. The smallest absolute Gasteiger partial charge is 0.0991 e. The predicted octanol–water partition coefficient (Wildman–Crippen LogP) is 14.6. The van der Waals surface area contributed by atoms with Crippen LogP contribution in [0, 0.1) is 36.5 Å². The zero-order valence-corrected chi connectivity index (χ0v) is 30.8. The van der Waals surface area contributed by atoms with Crippen molar-refractivity contribution in [1.29, 1.82) is 10.5 Å². The minimum Gasteiger partial charge on any atom is -0.192 e. The van der Waals surface area contributed by atoms with Gasteiger partial charge < -0.3 is 0 Å². The van der Waals surface area contributed by atoms with E-state index in [1.54, 1.807) is 0 Å². The molecule has 0 unspecified atom stereocenters. The van der Waals surface area contributed by atoms with Crippen molar-refractivity contribution >= 4 is 97.0 Å². The summed E-state index contributed by atoms with van der Waals surface area (Å²) >= 11 is 0. The lowest BCUT2D eigenvalue weighted by Gasteiger charge is -2.20. The molecule has 0 spiro atoms. The van der Waals surface area contributed by atoms with Crippen molar-refractivity contribution in [3.05, 3.63) is 168 Å². The quantitative estimate of drug-likeness (QED) is 0.168. The molecule has 0 bridgehead atoms. The van der Waals surface area contributed by atoms with E-state index in [1.165, 1.54) is 86.2 Å². The second kappa shape index (κ2) is 11.0. The molecule has 12 aromatic rings. The molecule has 0 fully saturated rings. The first-order valence-electron chi connectivity index (χ1n) is 19.1. The molecular weight excluding hydrogens is 677 g/mol. The maximum absolute atomic E-state index is 10.3. The van der Waals surface area contributed by atoms with Gasteiger partial charge in [-0.3, -0.25) is 0 Å². The third kappa shape index (κ3) is 3.93. The summed E-state index contributed by atoms with van der Waals surface area (Å²) in [6, 6.07) is 57.6. The van der Waals surface area contributed by atoms with Gasteiger partial charge in [0.15, 0.2) is 0 Å². The Labute approximate surface area is 322 Å². The summed E-state index contributed by atoms with van der Waals surface area (Å²) in [6.45, 7) is 4.33. The summed E-state index contributed by atoms with van der Waals surface area (Å²) in [5.41, 5.74) is 7.93. The van der Waals surface area contributed by atoms with E-state index >= 15 is 0 Å². The first kappa shape index (κ1) is 30.9. The third-order valence-electron chi connectivity index (χ3n) is 12.6. The SMILES string of the molecule is Cc1ccc(C#N)cc1-c1c2cc3c(cc2c(-c2cc(C#N)ccc2C)c2c4cc5ccccc5c5cccc(c12)c54)c1cccc2c4ccccc4cc3c21. The van der Waals surface area contributed by atoms with E-state index in [2.05, 4.69) is 159 Å². The number of nitriles is 2. The van der Waals surface area contributed by atoms with E-state index in [0.717, 1.165) is 44.2 Å². The second-order valence-electron chi connectivity index (χ2n) is 15.5. The molecule has 0 N–H and O–H groups in total. The number of nitrogens with zero attached hydrogens (tertiary/aromatic N) is 2. The van der Waals surface area contributed by atoms with E-state index in [1.807, 2.05) is 12.1 Å². The van der Waals surface area contributed by atoms with Crippen molar-refractivity contribution in [2.24, 2.45) is 0 Å². The predicted molar refractivity (Wildman–Crippen MR) is 236 cm³/mol. The molecule has 56 heavy (non-hydrogen) atoms. The van der Waals surface area contributed by atoms with Gasteiger partial charge in [0.25, 0.3) is 0 Å². The number of hydrogen-bond donors (Lipinski definition) is 0. The average molecular weight is 707 g/mol. The van der Waals surface area contributed by atoms with Gasteiger partial charge in [0, 0.05) is 0 Å². The second-order valence-corrected chi connectivity index (χ2v) is 15.5. The fourth-order valence-electron chi connectivity index (χ4n) is 10.2. The summed E-state index contributed by atoms with van der Waals surface area (Å²) in [5, 5.41) is 42.5. The van der Waals surface area contributed by atoms with Gasteiger partial charge in [0.2, 0.25) is 0 Å². The number of aryl methyl sites for hydroxylation is 2. The highest BCUT2D eigenvalue weighted by Crippen LogP contribution is 2.55. The van der Waals surface area contributed by atoms with Crippen molar-refractivity contribution in [3.8, 4) is 34.4 Å². The highest BCUT2D eigenvalue weighted by molar-refractivity contribution is 6.44. The Morgan fingerprint density at radius 2 is 0.750 bits per heavy atom. The fraction of sp³-hybridized carbons (Fsp3) is 0.0370. The van der Waals surface area contributed by atoms with Crippen LogP contribution in [-0.4, -0.2) is 0 Å². The van der Waals surface area contributed by atoms with Crippen molar-refractivity contribution in [2.75, 3.05) is 0 Å². The molecule has 0 amide bonds. The van der Waals surface area contributed by atoms with Crippen LogP contribution in [0.4, 0.5) is 0 Å². The average Bonchev–Trinajstić information content (AvgIpc) is 3.73. The van der Waals surface area contributed by atoms with E-state index in [0.29, 0.717) is 11.1 Å². The van der Waals surface area contributed by atoms with Crippen LogP contribution in [0.15, 0.2) is 146 Å². The van der Waals surface area contributed by atoms with Crippen LogP contribution >= 0.6 is 0 Å². The third-order valence-corrected chi connectivity index (χ3v) is 12.6. The van der Waals surface area contributed by atoms with Crippen LogP contribution < -0.4 is 0 Å². The van der Waals surface area contributed by atoms with Crippen LogP contribution in [0.2, 0.25) is 0 Å². The highest BCUT2D eigenvalue weighted by atomic mass is 14.3. The van der Waals surface area contributed by atoms with Crippen LogP contribution in [0.5, 0.6) is 0 Å². The Balaban J connectivity index is 1.43. The summed E-state index contributed by atoms with van der Waals surface area (Å²) < 4.78 is 0. The lowest BCUT2D eigenvalue weighted by molar-refractivity contribution is 1.43. The minimum atomic E-state index is 0.637. The van der Waals surface area contributed by atoms with Crippen molar-refractivity contribution in [1.82, 2.24) is 0 Å². The van der Waals surface area contributed by atoms with Gasteiger partial charge in [0.1, 0.15) is 0 Å². The Morgan fingerprint density at radius 3 is 1.30 bits per heavy atom. The maximum atomic E-state index is 10.3. The van der Waals surface area contributed by atoms with Gasteiger partial charge in [-0.2, -0.15) is 10.5 Å². The molecule has 256 valence electrons. The lowest BCUT2D eigenvalue weighted by atomic mass is 9.83. The monoisotopic (exact) mass is 706 g/mol. The summed E-state index contributed by atoms with van der Waals surface area (Å²) in [7, 11) is 0.